The van der Waals surface area contributed by atoms with Crippen molar-refractivity contribution >= 4 is 47.9 Å². The summed E-state index contributed by atoms with van der Waals surface area (Å²) in [5, 5.41) is 5.34. The van der Waals surface area contributed by atoms with E-state index < -0.39 is 46.4 Å². The first-order valence-electron chi connectivity index (χ1n) is 22.8. The van der Waals surface area contributed by atoms with Gasteiger partial charge < -0.3 is 18.9 Å². The van der Waals surface area contributed by atoms with Crippen molar-refractivity contribution in [1.29, 1.82) is 0 Å². The van der Waals surface area contributed by atoms with Gasteiger partial charge in [-0.2, -0.15) is 0 Å². The highest BCUT2D eigenvalue weighted by atomic mass is 16.6. The third-order valence-corrected chi connectivity index (χ3v) is 10.7. The molecule has 70 heavy (non-hydrogen) atoms. The molecule has 2 aliphatic heterocycles. The molecule has 0 saturated carbocycles. The van der Waals surface area contributed by atoms with Crippen molar-refractivity contribution in [3.63, 3.8) is 0 Å². The van der Waals surface area contributed by atoms with Crippen LogP contribution in [0.1, 0.15) is 118 Å². The number of nitrogens with zero attached hydrogens (tertiary/aromatic N) is 4. The number of benzene rings is 4. The fourth-order valence-electron chi connectivity index (χ4n) is 7.98. The van der Waals surface area contributed by atoms with Crippen molar-refractivity contribution in [2.45, 2.75) is 111 Å². The van der Waals surface area contributed by atoms with Gasteiger partial charge in [0.15, 0.2) is 11.1 Å². The molecule has 2 heterocycles. The first-order valence-corrected chi connectivity index (χ1v) is 22.8. The molecule has 16 heteroatoms. The molecule has 0 bridgehead atoms. The Bertz CT molecular complexity index is 2650. The Hall–Kier alpha value is -7.62. The number of carbonyl (C=O) groups is 6. The maximum atomic E-state index is 14.0. The Kier molecular flexibility index (Phi) is 16.9. The van der Waals surface area contributed by atoms with E-state index in [0.717, 1.165) is 11.1 Å². The average molecular weight is 957 g/mol. The summed E-state index contributed by atoms with van der Waals surface area (Å²) in [6, 6.07) is 32.1. The largest absolute Gasteiger partial charge is 0.465 e. The summed E-state index contributed by atoms with van der Waals surface area (Å²) in [5.74, 6) is -1.21. The maximum absolute atomic E-state index is 14.0. The fourth-order valence-corrected chi connectivity index (χ4v) is 7.98. The summed E-state index contributed by atoms with van der Waals surface area (Å²) in [6.07, 6.45) is -0.718. The summed E-state index contributed by atoms with van der Waals surface area (Å²) in [4.78, 5) is 89.8. The molecule has 2 atom stereocenters. The zero-order chi connectivity index (χ0) is 51.6. The monoisotopic (exact) mass is 956 g/mol. The number of guanidine groups is 2. The number of esters is 2. The number of hydrogen-bond donors (Lipinski definition) is 2. The minimum absolute atomic E-state index is 0.0674. The van der Waals surface area contributed by atoms with Crippen LogP contribution in [0.4, 0.5) is 9.59 Å². The average Bonchev–Trinajstić information content (AvgIpc) is 3.69. The lowest BCUT2D eigenvalue weighted by molar-refractivity contribution is -0.133. The van der Waals surface area contributed by atoms with E-state index in [0.29, 0.717) is 34.2 Å². The van der Waals surface area contributed by atoms with Crippen LogP contribution in [-0.4, -0.2) is 83.1 Å². The summed E-state index contributed by atoms with van der Waals surface area (Å²) in [7, 11) is 2.62. The summed E-state index contributed by atoms with van der Waals surface area (Å²) in [6.45, 7) is 20.6. The highest BCUT2D eigenvalue weighted by molar-refractivity contribution is 6.12. The van der Waals surface area contributed by atoms with Crippen LogP contribution in [-0.2, 0) is 52.7 Å². The van der Waals surface area contributed by atoms with Gasteiger partial charge in [0.2, 0.25) is 11.9 Å². The van der Waals surface area contributed by atoms with E-state index in [1.165, 1.54) is 24.0 Å². The van der Waals surface area contributed by atoms with Gasteiger partial charge in [0, 0.05) is 6.42 Å². The van der Waals surface area contributed by atoms with Crippen LogP contribution in [0.15, 0.2) is 131 Å². The smallest absolute Gasteiger partial charge is 0.414 e. The topological polar surface area (TPSA) is 195 Å². The number of amides is 4. The van der Waals surface area contributed by atoms with Gasteiger partial charge in [-0.1, -0.05) is 104 Å². The van der Waals surface area contributed by atoms with Crippen molar-refractivity contribution in [2.24, 2.45) is 15.9 Å². The van der Waals surface area contributed by atoms with E-state index in [-0.39, 0.29) is 49.2 Å². The van der Waals surface area contributed by atoms with Crippen molar-refractivity contribution < 1.29 is 47.7 Å². The zero-order valence-electron chi connectivity index (χ0n) is 41.9. The Morgan fingerprint density at radius 3 is 1.37 bits per heavy atom. The SMILES string of the molecule is C=C(C)CC1(c2ccccc2)N=C(NC(=O)OC(C)(C)C)N(Cc2cccc(C(=O)OC)c2)C1=O.COC(=O)c1cccc(CN2C(=O)C(CC(C)C)(c3ccccc3)N=C2NC(=O)OC(C)(C)C)c1. The fraction of sp³-hybridized carbons (Fsp3) is 0.370. The molecular formula is C54H64N6O10. The predicted octanol–water partition coefficient (Wildman–Crippen LogP) is 9.20. The van der Waals surface area contributed by atoms with Gasteiger partial charge in [-0.25, -0.2) is 29.2 Å². The third-order valence-electron chi connectivity index (χ3n) is 10.7. The minimum Gasteiger partial charge on any atom is -0.465 e. The second kappa shape index (κ2) is 22.2. The van der Waals surface area contributed by atoms with E-state index in [2.05, 4.69) is 17.2 Å². The molecule has 0 spiro atoms. The molecule has 4 aromatic rings. The zero-order valence-corrected chi connectivity index (χ0v) is 41.9. The van der Waals surface area contributed by atoms with Crippen LogP contribution in [0, 0.1) is 5.92 Å². The van der Waals surface area contributed by atoms with Gasteiger partial charge in [-0.15, -0.1) is 6.58 Å². The van der Waals surface area contributed by atoms with Crippen LogP contribution < -0.4 is 10.6 Å². The normalized spacial score (nSPS) is 17.7. The number of rotatable bonds is 12. The highest BCUT2D eigenvalue weighted by Gasteiger charge is 2.52. The Balaban J connectivity index is 0.000000261. The molecule has 2 N–H and O–H groups in total. The maximum Gasteiger partial charge on any atom is 0.414 e. The second-order valence-corrected chi connectivity index (χ2v) is 19.5. The molecule has 4 amide bonds. The quantitative estimate of drug-likeness (QED) is 0.0785. The van der Waals surface area contributed by atoms with Crippen LogP contribution in [0.25, 0.3) is 0 Å². The Morgan fingerprint density at radius 1 is 0.614 bits per heavy atom. The lowest BCUT2D eigenvalue weighted by atomic mass is 9.82. The van der Waals surface area contributed by atoms with Gasteiger partial charge in [-0.05, 0) is 107 Å². The predicted molar refractivity (Wildman–Crippen MR) is 265 cm³/mol. The van der Waals surface area contributed by atoms with Crippen molar-refractivity contribution in [3.05, 3.63) is 155 Å². The van der Waals surface area contributed by atoms with Crippen LogP contribution in [0.2, 0.25) is 0 Å². The van der Waals surface area contributed by atoms with Crippen molar-refractivity contribution in [2.75, 3.05) is 14.2 Å². The summed E-state index contributed by atoms with van der Waals surface area (Å²) in [5.41, 5.74) is 0.317. The molecule has 0 fully saturated rings. The van der Waals surface area contributed by atoms with Crippen LogP contribution in [0.3, 0.4) is 0 Å². The van der Waals surface area contributed by atoms with Crippen molar-refractivity contribution in [3.8, 4) is 0 Å². The number of carbonyl (C=O) groups excluding carboxylic acids is 6. The standard InChI is InChI=1S/C27H33N3O5.C27H31N3O5/c2*1-18(2)16-27(21-13-8-7-9-14-21)23(32)30(24(29-27)28-25(33)35-26(3,4)5)17-19-11-10-12-20(15-19)22(31)34-6/h7-15,18H,16-17H2,1-6H3,(H,28,29,33);7-15H,1,16-17H2,2-6H3,(H,28,29,33). The first-order chi connectivity index (χ1) is 32.9. The number of hydrogen-bond acceptors (Lipinski definition) is 12. The Morgan fingerprint density at radius 2 is 1.00 bits per heavy atom. The van der Waals surface area contributed by atoms with E-state index in [4.69, 9.17) is 28.9 Å². The van der Waals surface area contributed by atoms with Crippen LogP contribution >= 0.6 is 0 Å². The number of nitrogens with one attached hydrogen (secondary N) is 2. The molecular weight excluding hydrogens is 893 g/mol. The summed E-state index contributed by atoms with van der Waals surface area (Å²) < 4.78 is 20.5. The van der Waals surface area contributed by atoms with Crippen molar-refractivity contribution in [1.82, 2.24) is 20.4 Å². The van der Waals surface area contributed by atoms with Gasteiger partial charge in [0.05, 0.1) is 38.4 Å². The van der Waals surface area contributed by atoms with Gasteiger partial charge in [0.25, 0.3) is 11.8 Å². The molecule has 0 radical (unpaired) electrons. The third kappa shape index (κ3) is 13.3. The highest BCUT2D eigenvalue weighted by Crippen LogP contribution is 2.41. The number of ether oxygens (including phenoxy) is 4. The molecule has 6 rings (SSSR count). The summed E-state index contributed by atoms with van der Waals surface area (Å²) >= 11 is 0. The Labute approximate surface area is 410 Å². The lowest BCUT2D eigenvalue weighted by Gasteiger charge is -2.28. The number of aliphatic imine (C=N–C) groups is 2. The van der Waals surface area contributed by atoms with Gasteiger partial charge >= 0.3 is 24.1 Å². The van der Waals surface area contributed by atoms with Crippen LogP contribution in [0.5, 0.6) is 0 Å². The molecule has 0 aromatic heterocycles. The van der Waals surface area contributed by atoms with E-state index in [9.17, 15) is 28.8 Å². The molecule has 370 valence electrons. The molecule has 0 saturated heterocycles. The van der Waals surface area contributed by atoms with E-state index >= 15 is 0 Å². The molecule has 4 aromatic carbocycles. The first kappa shape index (κ1) is 53.3. The van der Waals surface area contributed by atoms with E-state index in [1.54, 1.807) is 90.1 Å². The lowest BCUT2D eigenvalue weighted by Crippen LogP contribution is -2.47. The van der Waals surface area contributed by atoms with Gasteiger partial charge in [-0.3, -0.25) is 30.0 Å². The molecule has 2 unspecified atom stereocenters. The van der Waals surface area contributed by atoms with E-state index in [1.807, 2.05) is 81.4 Å². The molecule has 16 nitrogen and oxygen atoms in total. The minimum atomic E-state index is -1.29. The molecule has 2 aliphatic rings. The van der Waals surface area contributed by atoms with Gasteiger partial charge in [0.1, 0.15) is 11.2 Å². The molecule has 0 aliphatic carbocycles. The number of methoxy groups -OCH3 is 2. The number of alkyl carbamates (subject to hydrolysis) is 2. The second-order valence-electron chi connectivity index (χ2n) is 19.5.